The molecule has 1 aromatic carbocycles. The van der Waals surface area contributed by atoms with Gasteiger partial charge in [0.1, 0.15) is 0 Å². The largest absolute Gasteiger partial charge is 0.350 e. The number of aryl methyl sites for hydroxylation is 1. The lowest BCUT2D eigenvalue weighted by Gasteiger charge is -1.92. The van der Waals surface area contributed by atoms with E-state index in [1.807, 2.05) is 42.1 Å². The molecule has 0 amide bonds. The molecule has 0 aliphatic heterocycles. The van der Waals surface area contributed by atoms with E-state index in [-0.39, 0.29) is 0 Å². The van der Waals surface area contributed by atoms with Crippen molar-refractivity contribution in [2.75, 3.05) is 0 Å². The van der Waals surface area contributed by atoms with Gasteiger partial charge in [0.2, 0.25) is 0 Å². The molecule has 0 bridgehead atoms. The fraction of sp³-hybridized carbons (Fsp3) is 0.111. The van der Waals surface area contributed by atoms with Crippen molar-refractivity contribution in [3.8, 4) is 0 Å². The van der Waals surface area contributed by atoms with Crippen molar-refractivity contribution in [1.29, 1.82) is 0 Å². The van der Waals surface area contributed by atoms with Crippen LogP contribution in [0.2, 0.25) is 0 Å². The van der Waals surface area contributed by atoms with Gasteiger partial charge in [-0.15, -0.1) is 0 Å². The van der Waals surface area contributed by atoms with Crippen LogP contribution in [0.1, 0.15) is 0 Å². The predicted octanol–water partition coefficient (Wildman–Crippen LogP) is 3.12. The minimum atomic E-state index is 0.681. The molecule has 0 unspecified atom stereocenters. The molecule has 0 N–H and O–H groups in total. The first-order chi connectivity index (χ1) is 6.33. The molecule has 4 heteroatoms. The molecule has 64 valence electrons. The predicted molar refractivity (Wildman–Crippen MR) is 51.7 cm³/mol. The SMILES string of the molecule is Cn1cc(N=[N+]=[N-])c2ccccc21. The molecular formula is C9H8N4. The maximum Gasteiger partial charge on any atom is 0.0630 e. The first-order valence-corrected chi connectivity index (χ1v) is 3.92. The van der Waals surface area contributed by atoms with Crippen LogP contribution in [0.5, 0.6) is 0 Å². The highest BCUT2D eigenvalue weighted by Crippen LogP contribution is 2.27. The number of benzene rings is 1. The van der Waals surface area contributed by atoms with Gasteiger partial charge in [-0.05, 0) is 11.6 Å². The highest BCUT2D eigenvalue weighted by molar-refractivity contribution is 5.91. The summed E-state index contributed by atoms with van der Waals surface area (Å²) < 4.78 is 1.94. The van der Waals surface area contributed by atoms with Crippen molar-refractivity contribution in [1.82, 2.24) is 4.57 Å². The lowest BCUT2D eigenvalue weighted by Crippen LogP contribution is -1.81. The standard InChI is InChI=1S/C9H8N4/c1-13-6-8(11-12-10)7-4-2-3-5-9(7)13/h2-6H,1H3. The molecule has 0 spiro atoms. The lowest BCUT2D eigenvalue weighted by atomic mass is 10.2. The fourth-order valence-electron chi connectivity index (χ4n) is 1.45. The van der Waals surface area contributed by atoms with Crippen molar-refractivity contribution in [2.45, 2.75) is 0 Å². The van der Waals surface area contributed by atoms with E-state index in [0.29, 0.717) is 5.69 Å². The van der Waals surface area contributed by atoms with Crippen molar-refractivity contribution >= 4 is 16.6 Å². The van der Waals surface area contributed by atoms with E-state index in [1.165, 1.54) is 0 Å². The Bertz CT molecular complexity index is 491. The van der Waals surface area contributed by atoms with Crippen LogP contribution in [-0.4, -0.2) is 4.57 Å². The van der Waals surface area contributed by atoms with Crippen LogP contribution in [0.3, 0.4) is 0 Å². The molecule has 1 heterocycles. The van der Waals surface area contributed by atoms with E-state index in [4.69, 9.17) is 5.53 Å². The van der Waals surface area contributed by atoms with Crippen LogP contribution in [-0.2, 0) is 7.05 Å². The van der Waals surface area contributed by atoms with Crippen LogP contribution in [0.25, 0.3) is 21.3 Å². The van der Waals surface area contributed by atoms with Gasteiger partial charge in [0.25, 0.3) is 0 Å². The number of azide groups is 1. The average Bonchev–Trinajstić information content (AvgIpc) is 2.46. The Balaban J connectivity index is 2.85. The number of fused-ring (bicyclic) bond motifs is 1. The molecule has 4 nitrogen and oxygen atoms in total. The van der Waals surface area contributed by atoms with Gasteiger partial charge in [0.05, 0.1) is 5.69 Å². The van der Waals surface area contributed by atoms with Crippen LogP contribution in [0.4, 0.5) is 5.69 Å². The highest BCUT2D eigenvalue weighted by atomic mass is 15.1. The molecule has 1 aromatic heterocycles. The van der Waals surface area contributed by atoms with E-state index < -0.39 is 0 Å². The zero-order valence-electron chi connectivity index (χ0n) is 7.18. The second kappa shape index (κ2) is 2.84. The van der Waals surface area contributed by atoms with E-state index in [1.54, 1.807) is 0 Å². The third-order valence-electron chi connectivity index (χ3n) is 2.03. The normalized spacial score (nSPS) is 9.92. The number of rotatable bonds is 1. The van der Waals surface area contributed by atoms with Crippen LogP contribution in [0.15, 0.2) is 35.6 Å². The van der Waals surface area contributed by atoms with Gasteiger partial charge in [-0.3, -0.25) is 0 Å². The van der Waals surface area contributed by atoms with Gasteiger partial charge in [-0.25, -0.2) is 0 Å². The molecule has 2 aromatic rings. The van der Waals surface area contributed by atoms with E-state index in [9.17, 15) is 0 Å². The summed E-state index contributed by atoms with van der Waals surface area (Å²) in [4.78, 5) is 2.78. The van der Waals surface area contributed by atoms with Crippen LogP contribution in [0, 0.1) is 0 Å². The minimum Gasteiger partial charge on any atom is -0.350 e. The number of para-hydroxylation sites is 1. The van der Waals surface area contributed by atoms with Gasteiger partial charge in [-0.2, -0.15) is 0 Å². The molecular weight excluding hydrogens is 164 g/mol. The molecule has 0 saturated carbocycles. The number of nitrogens with zero attached hydrogens (tertiary/aromatic N) is 4. The van der Waals surface area contributed by atoms with Crippen molar-refractivity contribution in [3.63, 3.8) is 0 Å². The summed E-state index contributed by atoms with van der Waals surface area (Å²) in [6.07, 6.45) is 1.82. The first kappa shape index (κ1) is 7.71. The smallest absolute Gasteiger partial charge is 0.0630 e. The summed E-state index contributed by atoms with van der Waals surface area (Å²) in [6, 6.07) is 7.83. The zero-order chi connectivity index (χ0) is 9.26. The summed E-state index contributed by atoms with van der Waals surface area (Å²) >= 11 is 0. The van der Waals surface area contributed by atoms with E-state index >= 15 is 0 Å². The van der Waals surface area contributed by atoms with E-state index in [0.717, 1.165) is 10.9 Å². The molecule has 0 radical (unpaired) electrons. The molecule has 2 rings (SSSR count). The highest BCUT2D eigenvalue weighted by Gasteiger charge is 2.02. The van der Waals surface area contributed by atoms with Crippen molar-refractivity contribution in [2.24, 2.45) is 12.2 Å². The maximum absolute atomic E-state index is 8.34. The first-order valence-electron chi connectivity index (χ1n) is 3.92. The Kier molecular flexibility index (Phi) is 1.69. The monoisotopic (exact) mass is 172 g/mol. The zero-order valence-corrected chi connectivity index (χ0v) is 7.18. The van der Waals surface area contributed by atoms with Gasteiger partial charge in [0.15, 0.2) is 0 Å². The summed E-state index contributed by atoms with van der Waals surface area (Å²) in [7, 11) is 1.93. The third kappa shape index (κ3) is 1.13. The Morgan fingerprint density at radius 1 is 1.38 bits per heavy atom. The maximum atomic E-state index is 8.34. The Morgan fingerprint density at radius 2 is 2.15 bits per heavy atom. The second-order valence-electron chi connectivity index (χ2n) is 2.83. The van der Waals surface area contributed by atoms with E-state index in [2.05, 4.69) is 10.0 Å². The third-order valence-corrected chi connectivity index (χ3v) is 2.03. The number of hydrogen-bond acceptors (Lipinski definition) is 1. The fourth-order valence-corrected chi connectivity index (χ4v) is 1.45. The molecule has 0 atom stereocenters. The van der Waals surface area contributed by atoms with Gasteiger partial charge in [-0.1, -0.05) is 23.3 Å². The Morgan fingerprint density at radius 3 is 2.92 bits per heavy atom. The summed E-state index contributed by atoms with van der Waals surface area (Å²) in [5, 5.41) is 4.60. The molecule has 0 fully saturated rings. The Labute approximate surface area is 75.0 Å². The molecule has 0 aliphatic rings. The van der Waals surface area contributed by atoms with Gasteiger partial charge < -0.3 is 4.57 Å². The van der Waals surface area contributed by atoms with Crippen LogP contribution >= 0.6 is 0 Å². The van der Waals surface area contributed by atoms with Crippen LogP contribution < -0.4 is 0 Å². The van der Waals surface area contributed by atoms with Gasteiger partial charge >= 0.3 is 0 Å². The summed E-state index contributed by atoms with van der Waals surface area (Å²) in [5.41, 5.74) is 10.1. The Hall–Kier alpha value is -1.93. The summed E-state index contributed by atoms with van der Waals surface area (Å²) in [5.74, 6) is 0. The molecule has 13 heavy (non-hydrogen) atoms. The quantitative estimate of drug-likeness (QED) is 0.360. The minimum absolute atomic E-state index is 0.681. The number of aromatic nitrogens is 1. The molecule has 0 aliphatic carbocycles. The molecule has 0 saturated heterocycles. The number of hydrogen-bond donors (Lipinski definition) is 0. The van der Waals surface area contributed by atoms with Gasteiger partial charge in [0, 0.05) is 29.1 Å². The lowest BCUT2D eigenvalue weighted by molar-refractivity contribution is 0.968. The van der Waals surface area contributed by atoms with Crippen molar-refractivity contribution < 1.29 is 0 Å². The average molecular weight is 172 g/mol. The second-order valence-corrected chi connectivity index (χ2v) is 2.83. The van der Waals surface area contributed by atoms with Crippen molar-refractivity contribution in [3.05, 3.63) is 40.9 Å². The topological polar surface area (TPSA) is 53.7 Å². The summed E-state index contributed by atoms with van der Waals surface area (Å²) in [6.45, 7) is 0.